The summed E-state index contributed by atoms with van der Waals surface area (Å²) < 4.78 is 12.9. The maximum atomic E-state index is 12.9. The standard InChI is InChI=1S/C16H19FN4O2/c17-10-1-3-12(4-2-10)19-20-15(22)14-13-7-9(13)8-21(14)16(23)18-11-5-6-11/h1-4,9,11,13-14,19H,5-8H2,(H,18,23)(H,20,22). The van der Waals surface area contributed by atoms with Crippen LogP contribution in [0.2, 0.25) is 0 Å². The Morgan fingerprint density at radius 1 is 1.17 bits per heavy atom. The van der Waals surface area contributed by atoms with E-state index in [-0.39, 0.29) is 29.7 Å². The summed E-state index contributed by atoms with van der Waals surface area (Å²) in [4.78, 5) is 26.4. The number of likely N-dealkylation sites (tertiary alicyclic amines) is 1. The van der Waals surface area contributed by atoms with Gasteiger partial charge in [-0.25, -0.2) is 9.18 Å². The third kappa shape index (κ3) is 2.95. The second-order valence-electron chi connectivity index (χ2n) is 6.60. The van der Waals surface area contributed by atoms with E-state index in [1.807, 2.05) is 0 Å². The summed E-state index contributed by atoms with van der Waals surface area (Å²) in [7, 11) is 0. The molecule has 0 spiro atoms. The van der Waals surface area contributed by atoms with Crippen molar-refractivity contribution < 1.29 is 14.0 Å². The molecule has 1 aromatic carbocycles. The number of urea groups is 1. The van der Waals surface area contributed by atoms with Crippen molar-refractivity contribution in [3.8, 4) is 0 Å². The molecule has 2 aliphatic carbocycles. The van der Waals surface area contributed by atoms with E-state index in [2.05, 4.69) is 16.2 Å². The quantitative estimate of drug-likeness (QED) is 0.736. The van der Waals surface area contributed by atoms with Gasteiger partial charge in [0, 0.05) is 12.6 Å². The van der Waals surface area contributed by atoms with Crippen molar-refractivity contribution in [3.63, 3.8) is 0 Å². The maximum Gasteiger partial charge on any atom is 0.318 e. The van der Waals surface area contributed by atoms with Crippen molar-refractivity contribution >= 4 is 17.6 Å². The third-order valence-electron chi connectivity index (χ3n) is 4.76. The summed E-state index contributed by atoms with van der Waals surface area (Å²) in [6, 6.07) is 5.43. The van der Waals surface area contributed by atoms with Gasteiger partial charge in [0.25, 0.3) is 5.91 Å². The van der Waals surface area contributed by atoms with Gasteiger partial charge in [0.2, 0.25) is 0 Å². The van der Waals surface area contributed by atoms with Crippen molar-refractivity contribution in [1.82, 2.24) is 15.6 Å². The van der Waals surface area contributed by atoms with Crippen LogP contribution in [-0.2, 0) is 4.79 Å². The van der Waals surface area contributed by atoms with E-state index in [0.717, 1.165) is 19.3 Å². The van der Waals surface area contributed by atoms with Crippen LogP contribution in [0.5, 0.6) is 0 Å². The number of halogens is 1. The SMILES string of the molecule is O=C(NNc1ccc(F)cc1)C1C2CC2CN1C(=O)NC1CC1. The number of piperidine rings is 1. The lowest BCUT2D eigenvalue weighted by atomic mass is 10.2. The zero-order valence-electron chi connectivity index (χ0n) is 12.6. The number of nitrogens with one attached hydrogen (secondary N) is 3. The number of rotatable bonds is 4. The number of carbonyl (C=O) groups is 2. The van der Waals surface area contributed by atoms with E-state index < -0.39 is 6.04 Å². The molecular weight excluding hydrogens is 299 g/mol. The van der Waals surface area contributed by atoms with Crippen LogP contribution in [0.25, 0.3) is 0 Å². The van der Waals surface area contributed by atoms with Gasteiger partial charge < -0.3 is 10.2 Å². The Bertz CT molecular complexity index is 631. The van der Waals surface area contributed by atoms with E-state index in [1.54, 1.807) is 17.0 Å². The fourth-order valence-corrected chi connectivity index (χ4v) is 3.24. The smallest absolute Gasteiger partial charge is 0.318 e. The summed E-state index contributed by atoms with van der Waals surface area (Å²) in [6.07, 6.45) is 3.05. The minimum Gasteiger partial charge on any atom is -0.335 e. The number of benzene rings is 1. The highest BCUT2D eigenvalue weighted by atomic mass is 19.1. The topological polar surface area (TPSA) is 73.5 Å². The summed E-state index contributed by atoms with van der Waals surface area (Å²) in [5, 5.41) is 2.95. The molecule has 3 N–H and O–H groups in total. The normalized spacial score (nSPS) is 28.0. The molecule has 0 aromatic heterocycles. The molecule has 4 rings (SSSR count). The molecule has 3 aliphatic rings. The molecule has 1 saturated heterocycles. The Morgan fingerprint density at radius 3 is 2.61 bits per heavy atom. The second kappa shape index (κ2) is 5.40. The Kier molecular flexibility index (Phi) is 3.36. The average Bonchev–Trinajstić information content (AvgIpc) is 3.46. The summed E-state index contributed by atoms with van der Waals surface area (Å²) in [5.41, 5.74) is 6.01. The molecule has 3 fully saturated rings. The summed E-state index contributed by atoms with van der Waals surface area (Å²) in [5.74, 6) is 0.156. The monoisotopic (exact) mass is 318 g/mol. The fourth-order valence-electron chi connectivity index (χ4n) is 3.24. The van der Waals surface area contributed by atoms with E-state index in [1.165, 1.54) is 12.1 Å². The lowest BCUT2D eigenvalue weighted by molar-refractivity contribution is -0.124. The third-order valence-corrected chi connectivity index (χ3v) is 4.76. The summed E-state index contributed by atoms with van der Waals surface area (Å²) >= 11 is 0. The van der Waals surface area contributed by atoms with Crippen LogP contribution in [0.3, 0.4) is 0 Å². The predicted molar refractivity (Wildman–Crippen MR) is 81.8 cm³/mol. The lowest BCUT2D eigenvalue weighted by Gasteiger charge is -2.27. The molecule has 0 radical (unpaired) electrons. The molecule has 0 bridgehead atoms. The van der Waals surface area contributed by atoms with E-state index in [0.29, 0.717) is 18.2 Å². The highest BCUT2D eigenvalue weighted by Gasteiger charge is 2.57. The van der Waals surface area contributed by atoms with Crippen molar-refractivity contribution in [2.24, 2.45) is 11.8 Å². The van der Waals surface area contributed by atoms with Gasteiger partial charge in [-0.2, -0.15) is 0 Å². The molecule has 1 aromatic rings. The molecule has 2 saturated carbocycles. The number of hydrogen-bond acceptors (Lipinski definition) is 3. The highest BCUT2D eigenvalue weighted by Crippen LogP contribution is 2.49. The first kappa shape index (κ1) is 14.3. The Labute approximate surface area is 133 Å². The molecule has 3 amide bonds. The van der Waals surface area contributed by atoms with Crippen LogP contribution in [-0.4, -0.2) is 35.5 Å². The number of carbonyl (C=O) groups excluding carboxylic acids is 2. The largest absolute Gasteiger partial charge is 0.335 e. The first-order valence-electron chi connectivity index (χ1n) is 8.00. The first-order valence-corrected chi connectivity index (χ1v) is 8.00. The van der Waals surface area contributed by atoms with Crippen LogP contribution in [0.4, 0.5) is 14.9 Å². The molecule has 122 valence electrons. The van der Waals surface area contributed by atoms with Crippen LogP contribution in [0.1, 0.15) is 19.3 Å². The van der Waals surface area contributed by atoms with Crippen LogP contribution < -0.4 is 16.2 Å². The Balaban J connectivity index is 1.37. The van der Waals surface area contributed by atoms with Gasteiger partial charge in [-0.05, 0) is 55.4 Å². The zero-order chi connectivity index (χ0) is 16.0. The van der Waals surface area contributed by atoms with Crippen LogP contribution in [0, 0.1) is 17.7 Å². The minimum atomic E-state index is -0.424. The Morgan fingerprint density at radius 2 is 1.91 bits per heavy atom. The summed E-state index contributed by atoms with van der Waals surface area (Å²) in [6.45, 7) is 0.651. The van der Waals surface area contributed by atoms with Crippen molar-refractivity contribution in [2.75, 3.05) is 12.0 Å². The predicted octanol–water partition coefficient (Wildman–Crippen LogP) is 1.46. The van der Waals surface area contributed by atoms with E-state index in [4.69, 9.17) is 0 Å². The van der Waals surface area contributed by atoms with Crippen LogP contribution in [0.15, 0.2) is 24.3 Å². The number of amides is 3. The van der Waals surface area contributed by atoms with Gasteiger partial charge in [-0.1, -0.05) is 0 Å². The number of hydrazine groups is 1. The van der Waals surface area contributed by atoms with Gasteiger partial charge in [0.15, 0.2) is 0 Å². The molecule has 3 unspecified atom stereocenters. The molecule has 1 heterocycles. The zero-order valence-corrected chi connectivity index (χ0v) is 12.6. The van der Waals surface area contributed by atoms with E-state index in [9.17, 15) is 14.0 Å². The molecule has 1 aliphatic heterocycles. The second-order valence-corrected chi connectivity index (χ2v) is 6.60. The molecular formula is C16H19FN4O2. The molecule has 7 heteroatoms. The lowest BCUT2D eigenvalue weighted by Crippen LogP contribution is -2.52. The molecule has 6 nitrogen and oxygen atoms in total. The average molecular weight is 318 g/mol. The van der Waals surface area contributed by atoms with Gasteiger partial charge in [-0.3, -0.25) is 15.6 Å². The fraction of sp³-hybridized carbons (Fsp3) is 0.500. The van der Waals surface area contributed by atoms with E-state index >= 15 is 0 Å². The van der Waals surface area contributed by atoms with Gasteiger partial charge in [0.1, 0.15) is 11.9 Å². The number of hydrogen-bond donors (Lipinski definition) is 3. The first-order chi connectivity index (χ1) is 11.1. The molecule has 3 atom stereocenters. The number of fused-ring (bicyclic) bond motifs is 1. The van der Waals surface area contributed by atoms with Crippen molar-refractivity contribution in [3.05, 3.63) is 30.1 Å². The minimum absolute atomic E-state index is 0.137. The van der Waals surface area contributed by atoms with Crippen LogP contribution >= 0.6 is 0 Å². The highest BCUT2D eigenvalue weighted by molar-refractivity contribution is 5.89. The number of nitrogens with zero attached hydrogens (tertiary/aromatic N) is 1. The van der Waals surface area contributed by atoms with Crippen molar-refractivity contribution in [2.45, 2.75) is 31.3 Å². The maximum absolute atomic E-state index is 12.9. The van der Waals surface area contributed by atoms with Gasteiger partial charge in [-0.15, -0.1) is 0 Å². The van der Waals surface area contributed by atoms with Crippen molar-refractivity contribution in [1.29, 1.82) is 0 Å². The number of anilines is 1. The van der Waals surface area contributed by atoms with Gasteiger partial charge in [0.05, 0.1) is 5.69 Å². The molecule has 23 heavy (non-hydrogen) atoms. The Hall–Kier alpha value is -2.31. The van der Waals surface area contributed by atoms with Gasteiger partial charge >= 0.3 is 6.03 Å².